The van der Waals surface area contributed by atoms with Crippen LogP contribution in [-0.4, -0.2) is 10.8 Å². The van der Waals surface area contributed by atoms with Crippen LogP contribution in [0, 0.1) is 11.3 Å². The highest BCUT2D eigenvalue weighted by molar-refractivity contribution is 6.10. The number of nitrogens with zero attached hydrogens (tertiary/aromatic N) is 1. The molecular formula is C18H14N2O2. The Hall–Kier alpha value is -3.06. The molecule has 0 saturated carbocycles. The van der Waals surface area contributed by atoms with Gasteiger partial charge in [0.15, 0.2) is 5.78 Å². The summed E-state index contributed by atoms with van der Waals surface area (Å²) in [6, 6.07) is 17.3. The van der Waals surface area contributed by atoms with Gasteiger partial charge >= 0.3 is 0 Å². The Morgan fingerprint density at radius 2 is 1.95 bits per heavy atom. The summed E-state index contributed by atoms with van der Waals surface area (Å²) in [5.74, 6) is 0.438. The number of H-pyrrole nitrogens is 1. The van der Waals surface area contributed by atoms with E-state index >= 15 is 0 Å². The molecule has 0 atom stereocenters. The maximum atomic E-state index is 12.0. The molecule has 3 rings (SSSR count). The first-order valence-corrected chi connectivity index (χ1v) is 6.96. The number of rotatable bonds is 5. The van der Waals surface area contributed by atoms with Gasteiger partial charge in [-0.1, -0.05) is 36.4 Å². The van der Waals surface area contributed by atoms with Crippen molar-refractivity contribution in [2.45, 2.75) is 13.0 Å². The number of ether oxygens (including phenoxy) is 1. The minimum Gasteiger partial charge on any atom is -0.488 e. The Morgan fingerprint density at radius 3 is 2.73 bits per heavy atom. The summed E-state index contributed by atoms with van der Waals surface area (Å²) in [4.78, 5) is 15.1. The highest BCUT2D eigenvalue weighted by Crippen LogP contribution is 2.30. The highest BCUT2D eigenvalue weighted by Gasteiger charge is 2.15. The third-order valence-electron chi connectivity index (χ3n) is 3.44. The second-order valence-corrected chi connectivity index (χ2v) is 4.91. The van der Waals surface area contributed by atoms with E-state index in [1.807, 2.05) is 54.6 Å². The average Bonchev–Trinajstić information content (AvgIpc) is 2.99. The van der Waals surface area contributed by atoms with E-state index in [4.69, 9.17) is 10.00 Å². The first kappa shape index (κ1) is 13.9. The van der Waals surface area contributed by atoms with E-state index in [0.717, 1.165) is 16.5 Å². The molecule has 2 aromatic carbocycles. The van der Waals surface area contributed by atoms with Crippen LogP contribution >= 0.6 is 0 Å². The summed E-state index contributed by atoms with van der Waals surface area (Å²) in [7, 11) is 0. The van der Waals surface area contributed by atoms with Crippen molar-refractivity contribution in [3.63, 3.8) is 0 Å². The van der Waals surface area contributed by atoms with Gasteiger partial charge in [0, 0.05) is 17.3 Å². The van der Waals surface area contributed by atoms with Crippen LogP contribution in [0.5, 0.6) is 5.75 Å². The molecule has 108 valence electrons. The van der Waals surface area contributed by atoms with Gasteiger partial charge in [-0.15, -0.1) is 0 Å². The van der Waals surface area contributed by atoms with Gasteiger partial charge in [-0.2, -0.15) is 5.26 Å². The maximum absolute atomic E-state index is 12.0. The molecule has 0 radical (unpaired) electrons. The van der Waals surface area contributed by atoms with Crippen molar-refractivity contribution in [3.8, 4) is 11.8 Å². The lowest BCUT2D eigenvalue weighted by Gasteiger charge is -2.08. The molecule has 4 heteroatoms. The molecule has 3 aromatic rings. The number of ketones is 1. The van der Waals surface area contributed by atoms with Gasteiger partial charge < -0.3 is 9.72 Å². The van der Waals surface area contributed by atoms with Crippen LogP contribution in [0.2, 0.25) is 0 Å². The predicted molar refractivity (Wildman–Crippen MR) is 83.6 cm³/mol. The van der Waals surface area contributed by atoms with Crippen LogP contribution in [0.4, 0.5) is 0 Å². The van der Waals surface area contributed by atoms with Crippen LogP contribution in [0.15, 0.2) is 54.7 Å². The molecule has 0 aliphatic rings. The molecule has 0 spiro atoms. The van der Waals surface area contributed by atoms with E-state index in [2.05, 4.69) is 4.98 Å². The summed E-state index contributed by atoms with van der Waals surface area (Å²) in [6.45, 7) is 0.428. The SMILES string of the molecule is N#CCC(=O)c1c[nH]c2cccc(OCc3ccccc3)c12. The van der Waals surface area contributed by atoms with Gasteiger partial charge in [0.25, 0.3) is 0 Å². The van der Waals surface area contributed by atoms with Crippen LogP contribution in [0.1, 0.15) is 22.3 Å². The van der Waals surface area contributed by atoms with Gasteiger partial charge in [0.05, 0.1) is 17.9 Å². The van der Waals surface area contributed by atoms with Crippen molar-refractivity contribution in [2.24, 2.45) is 0 Å². The average molecular weight is 290 g/mol. The van der Waals surface area contributed by atoms with E-state index in [9.17, 15) is 4.79 Å². The van der Waals surface area contributed by atoms with Crippen LogP contribution in [0.3, 0.4) is 0 Å². The van der Waals surface area contributed by atoms with Crippen molar-refractivity contribution in [1.82, 2.24) is 4.98 Å². The second-order valence-electron chi connectivity index (χ2n) is 4.91. The third kappa shape index (κ3) is 2.70. The van der Waals surface area contributed by atoms with Crippen molar-refractivity contribution >= 4 is 16.7 Å². The van der Waals surface area contributed by atoms with Crippen LogP contribution in [-0.2, 0) is 6.61 Å². The minimum atomic E-state index is -0.204. The lowest BCUT2D eigenvalue weighted by molar-refractivity contribution is 0.0999. The van der Waals surface area contributed by atoms with E-state index in [-0.39, 0.29) is 12.2 Å². The van der Waals surface area contributed by atoms with Crippen molar-refractivity contribution < 1.29 is 9.53 Å². The Morgan fingerprint density at radius 1 is 1.14 bits per heavy atom. The number of nitriles is 1. The number of carbonyl (C=O) groups excluding carboxylic acids is 1. The number of carbonyl (C=O) groups is 1. The molecule has 0 amide bonds. The Bertz CT molecular complexity index is 844. The predicted octanol–water partition coefficient (Wildman–Crippen LogP) is 3.84. The van der Waals surface area contributed by atoms with Gasteiger partial charge in [-0.25, -0.2) is 0 Å². The Kier molecular flexibility index (Phi) is 3.88. The summed E-state index contributed by atoms with van der Waals surface area (Å²) < 4.78 is 5.88. The van der Waals surface area contributed by atoms with Crippen molar-refractivity contribution in [3.05, 3.63) is 65.9 Å². The zero-order valence-electron chi connectivity index (χ0n) is 11.9. The summed E-state index contributed by atoms with van der Waals surface area (Å²) in [5.41, 5.74) is 2.38. The van der Waals surface area contributed by atoms with Crippen molar-refractivity contribution in [2.75, 3.05) is 0 Å². The molecule has 0 unspecified atom stereocenters. The third-order valence-corrected chi connectivity index (χ3v) is 3.44. The van der Waals surface area contributed by atoms with Crippen LogP contribution < -0.4 is 4.74 Å². The highest BCUT2D eigenvalue weighted by atomic mass is 16.5. The minimum absolute atomic E-state index is 0.139. The number of aromatic amines is 1. The normalized spacial score (nSPS) is 10.3. The molecule has 0 fully saturated rings. The molecule has 0 saturated heterocycles. The lowest BCUT2D eigenvalue weighted by Crippen LogP contribution is -1.99. The van der Waals surface area contributed by atoms with E-state index < -0.39 is 0 Å². The van der Waals surface area contributed by atoms with E-state index in [0.29, 0.717) is 17.9 Å². The molecule has 1 N–H and O–H groups in total. The molecule has 0 aliphatic heterocycles. The molecular weight excluding hydrogens is 276 g/mol. The fourth-order valence-electron chi connectivity index (χ4n) is 2.39. The Balaban J connectivity index is 1.94. The first-order chi connectivity index (χ1) is 10.8. The fraction of sp³-hybridized carbons (Fsp3) is 0.111. The summed E-state index contributed by atoms with van der Waals surface area (Å²) >= 11 is 0. The summed E-state index contributed by atoms with van der Waals surface area (Å²) in [5, 5.41) is 9.45. The van der Waals surface area contributed by atoms with Crippen LogP contribution in [0.25, 0.3) is 10.9 Å². The number of fused-ring (bicyclic) bond motifs is 1. The molecule has 0 aliphatic carbocycles. The Labute approximate surface area is 128 Å². The van der Waals surface area contributed by atoms with Gasteiger partial charge in [-0.05, 0) is 17.7 Å². The summed E-state index contributed by atoms with van der Waals surface area (Å²) in [6.07, 6.45) is 1.50. The standard InChI is InChI=1S/C18H14N2O2/c19-10-9-16(21)14-11-20-15-7-4-8-17(18(14)15)22-12-13-5-2-1-3-6-13/h1-8,11,20H,9,12H2. The second kappa shape index (κ2) is 6.15. The lowest BCUT2D eigenvalue weighted by atomic mass is 10.1. The van der Waals surface area contributed by atoms with E-state index in [1.165, 1.54) is 0 Å². The molecule has 0 bridgehead atoms. The fourth-order valence-corrected chi connectivity index (χ4v) is 2.39. The zero-order chi connectivity index (χ0) is 15.4. The number of nitrogens with one attached hydrogen (secondary N) is 1. The van der Waals surface area contributed by atoms with Gasteiger partial charge in [0.1, 0.15) is 12.4 Å². The molecule has 1 aromatic heterocycles. The quantitative estimate of drug-likeness (QED) is 0.726. The number of hydrogen-bond donors (Lipinski definition) is 1. The monoisotopic (exact) mass is 290 g/mol. The smallest absolute Gasteiger partial charge is 0.179 e. The number of aromatic nitrogens is 1. The maximum Gasteiger partial charge on any atom is 0.179 e. The zero-order valence-corrected chi connectivity index (χ0v) is 11.9. The number of Topliss-reactive ketones (excluding diaryl/α,β-unsaturated/α-hetero) is 1. The molecule has 4 nitrogen and oxygen atoms in total. The number of benzene rings is 2. The van der Waals surface area contributed by atoms with E-state index in [1.54, 1.807) is 6.20 Å². The van der Waals surface area contributed by atoms with Crippen molar-refractivity contribution in [1.29, 1.82) is 5.26 Å². The van der Waals surface area contributed by atoms with Gasteiger partial charge in [-0.3, -0.25) is 4.79 Å². The topological polar surface area (TPSA) is 65.9 Å². The largest absolute Gasteiger partial charge is 0.488 e. The number of hydrogen-bond acceptors (Lipinski definition) is 3. The first-order valence-electron chi connectivity index (χ1n) is 6.96. The molecule has 1 heterocycles. The van der Waals surface area contributed by atoms with Gasteiger partial charge in [0.2, 0.25) is 0 Å². The molecule has 22 heavy (non-hydrogen) atoms.